The maximum Gasteiger partial charge on any atom is 0.276 e. The Hall–Kier alpha value is -2.73. The average Bonchev–Trinajstić information content (AvgIpc) is 2.60. The number of hydrogen-bond acceptors (Lipinski definition) is 4. The third-order valence-electron chi connectivity index (χ3n) is 3.36. The quantitative estimate of drug-likeness (QED) is 0.774. The Kier molecular flexibility index (Phi) is 6.65. The van der Waals surface area contributed by atoms with Crippen LogP contribution in [0.2, 0.25) is 5.02 Å². The number of benzene rings is 2. The molecule has 2 amide bonds. The summed E-state index contributed by atoms with van der Waals surface area (Å²) in [5.41, 5.74) is 6.29. The van der Waals surface area contributed by atoms with Crippen molar-refractivity contribution in [2.24, 2.45) is 0 Å². The van der Waals surface area contributed by atoms with Crippen molar-refractivity contribution in [3.05, 3.63) is 58.6 Å². The first-order chi connectivity index (χ1) is 12.0. The van der Waals surface area contributed by atoms with Gasteiger partial charge in [-0.05, 0) is 48.4 Å². The van der Waals surface area contributed by atoms with E-state index in [1.54, 1.807) is 49.6 Å². The molecule has 0 aliphatic rings. The highest BCUT2D eigenvalue weighted by Gasteiger charge is 2.08. The van der Waals surface area contributed by atoms with Crippen LogP contribution in [-0.4, -0.2) is 25.5 Å². The van der Waals surface area contributed by atoms with Gasteiger partial charge in [0.05, 0.1) is 13.5 Å². The fourth-order valence-electron chi connectivity index (χ4n) is 2.07. The first-order valence-electron chi connectivity index (χ1n) is 7.57. The molecule has 0 atom stereocenters. The van der Waals surface area contributed by atoms with Crippen LogP contribution in [0, 0.1) is 6.92 Å². The minimum Gasteiger partial charge on any atom is -0.497 e. The number of amides is 2. The molecule has 7 heteroatoms. The van der Waals surface area contributed by atoms with Gasteiger partial charge in [-0.15, -0.1) is 0 Å². The average molecular weight is 363 g/mol. The van der Waals surface area contributed by atoms with Crippen molar-refractivity contribution in [2.75, 3.05) is 13.7 Å². The SMILES string of the molecule is COc1ccc(CC(=O)NNC(=O)COc2ccc(Cl)cc2C)cc1. The van der Waals surface area contributed by atoms with Crippen molar-refractivity contribution in [1.82, 2.24) is 10.9 Å². The Morgan fingerprint density at radius 2 is 1.72 bits per heavy atom. The summed E-state index contributed by atoms with van der Waals surface area (Å²) >= 11 is 5.86. The van der Waals surface area contributed by atoms with Gasteiger partial charge in [0.2, 0.25) is 5.91 Å². The monoisotopic (exact) mass is 362 g/mol. The number of ether oxygens (including phenoxy) is 2. The minimum absolute atomic E-state index is 0.140. The number of halogens is 1. The molecule has 0 fully saturated rings. The van der Waals surface area contributed by atoms with E-state index in [4.69, 9.17) is 21.1 Å². The van der Waals surface area contributed by atoms with Crippen LogP contribution in [0.25, 0.3) is 0 Å². The lowest BCUT2D eigenvalue weighted by Gasteiger charge is -2.10. The van der Waals surface area contributed by atoms with E-state index in [1.165, 1.54) is 0 Å². The first kappa shape index (κ1) is 18.6. The van der Waals surface area contributed by atoms with Gasteiger partial charge < -0.3 is 9.47 Å². The van der Waals surface area contributed by atoms with E-state index in [0.29, 0.717) is 16.5 Å². The first-order valence-corrected chi connectivity index (χ1v) is 7.95. The molecule has 0 heterocycles. The number of nitrogens with one attached hydrogen (secondary N) is 2. The van der Waals surface area contributed by atoms with Crippen LogP contribution < -0.4 is 20.3 Å². The molecule has 0 saturated heterocycles. The largest absolute Gasteiger partial charge is 0.497 e. The van der Waals surface area contributed by atoms with Crippen LogP contribution in [0.3, 0.4) is 0 Å². The molecular weight excluding hydrogens is 344 g/mol. The molecule has 0 bridgehead atoms. The fourth-order valence-corrected chi connectivity index (χ4v) is 2.29. The van der Waals surface area contributed by atoms with Gasteiger partial charge in [0.15, 0.2) is 6.61 Å². The number of hydrazine groups is 1. The smallest absolute Gasteiger partial charge is 0.276 e. The zero-order valence-corrected chi connectivity index (χ0v) is 14.7. The van der Waals surface area contributed by atoms with E-state index in [0.717, 1.165) is 11.1 Å². The second kappa shape index (κ2) is 8.94. The third-order valence-corrected chi connectivity index (χ3v) is 3.60. The van der Waals surface area contributed by atoms with Crippen molar-refractivity contribution >= 4 is 23.4 Å². The van der Waals surface area contributed by atoms with Gasteiger partial charge in [0.25, 0.3) is 5.91 Å². The Bertz CT molecular complexity index is 747. The molecule has 0 aliphatic heterocycles. The molecule has 0 spiro atoms. The molecule has 6 nitrogen and oxygen atoms in total. The maximum atomic E-state index is 11.8. The molecule has 2 aromatic rings. The van der Waals surface area contributed by atoms with Crippen molar-refractivity contribution in [3.8, 4) is 11.5 Å². The van der Waals surface area contributed by atoms with E-state index in [2.05, 4.69) is 10.9 Å². The molecule has 0 radical (unpaired) electrons. The highest BCUT2D eigenvalue weighted by molar-refractivity contribution is 6.30. The van der Waals surface area contributed by atoms with Crippen molar-refractivity contribution in [1.29, 1.82) is 0 Å². The number of aryl methyl sites for hydroxylation is 1. The molecule has 0 saturated carbocycles. The predicted molar refractivity (Wildman–Crippen MR) is 94.7 cm³/mol. The van der Waals surface area contributed by atoms with Crippen LogP contribution in [0.5, 0.6) is 11.5 Å². The van der Waals surface area contributed by atoms with Gasteiger partial charge in [-0.1, -0.05) is 23.7 Å². The zero-order chi connectivity index (χ0) is 18.2. The van der Waals surface area contributed by atoms with Crippen LogP contribution >= 0.6 is 11.6 Å². The highest BCUT2D eigenvalue weighted by Crippen LogP contribution is 2.21. The van der Waals surface area contributed by atoms with E-state index in [1.807, 2.05) is 6.92 Å². The molecule has 0 aliphatic carbocycles. The Morgan fingerprint density at radius 3 is 2.36 bits per heavy atom. The van der Waals surface area contributed by atoms with Gasteiger partial charge in [0.1, 0.15) is 11.5 Å². The number of hydrogen-bond donors (Lipinski definition) is 2. The second-order valence-corrected chi connectivity index (χ2v) is 5.76. The molecule has 0 aromatic heterocycles. The highest BCUT2D eigenvalue weighted by atomic mass is 35.5. The van der Waals surface area contributed by atoms with Gasteiger partial charge in [-0.3, -0.25) is 20.4 Å². The number of rotatable bonds is 6. The number of carbonyl (C=O) groups is 2. The Labute approximate surface area is 151 Å². The molecule has 132 valence electrons. The number of carbonyl (C=O) groups excluding carboxylic acids is 2. The van der Waals surface area contributed by atoms with Crippen LogP contribution in [0.1, 0.15) is 11.1 Å². The topological polar surface area (TPSA) is 76.7 Å². The minimum atomic E-state index is -0.461. The second-order valence-electron chi connectivity index (χ2n) is 5.32. The summed E-state index contributed by atoms with van der Waals surface area (Å²) in [4.78, 5) is 23.6. The van der Waals surface area contributed by atoms with Gasteiger partial charge in [-0.2, -0.15) is 0 Å². The summed E-state index contributed by atoms with van der Waals surface area (Å²) in [5, 5.41) is 0.597. The normalized spacial score (nSPS) is 10.0. The molecule has 25 heavy (non-hydrogen) atoms. The summed E-state index contributed by atoms with van der Waals surface area (Å²) in [6.07, 6.45) is 0.140. The summed E-state index contributed by atoms with van der Waals surface area (Å²) < 4.78 is 10.4. The maximum absolute atomic E-state index is 11.8. The van der Waals surface area contributed by atoms with Crippen molar-refractivity contribution < 1.29 is 19.1 Å². The molecule has 0 unspecified atom stereocenters. The van der Waals surface area contributed by atoms with Gasteiger partial charge in [0, 0.05) is 5.02 Å². The lowest BCUT2D eigenvalue weighted by Crippen LogP contribution is -2.44. The Morgan fingerprint density at radius 1 is 1.04 bits per heavy atom. The molecule has 2 rings (SSSR count). The Balaban J connectivity index is 1.74. The van der Waals surface area contributed by atoms with E-state index < -0.39 is 5.91 Å². The molecule has 2 aromatic carbocycles. The predicted octanol–water partition coefficient (Wildman–Crippen LogP) is 2.43. The lowest BCUT2D eigenvalue weighted by molar-refractivity contribution is -0.129. The standard InChI is InChI=1S/C18H19ClN2O4/c1-12-9-14(19)5-8-16(12)25-11-18(23)21-20-17(22)10-13-3-6-15(24-2)7-4-13/h3-9H,10-11H2,1-2H3,(H,20,22)(H,21,23). The van der Waals surface area contributed by atoms with Crippen LogP contribution in [0.15, 0.2) is 42.5 Å². The lowest BCUT2D eigenvalue weighted by atomic mass is 10.1. The van der Waals surface area contributed by atoms with E-state index >= 15 is 0 Å². The third kappa shape index (κ3) is 6.00. The summed E-state index contributed by atoms with van der Waals surface area (Å²) in [5.74, 6) is 0.481. The fraction of sp³-hybridized carbons (Fsp3) is 0.222. The van der Waals surface area contributed by atoms with Crippen LogP contribution in [0.4, 0.5) is 0 Å². The summed E-state index contributed by atoms with van der Waals surface area (Å²) in [6, 6.07) is 12.2. The van der Waals surface area contributed by atoms with Gasteiger partial charge in [-0.25, -0.2) is 0 Å². The molecule has 2 N–H and O–H groups in total. The van der Waals surface area contributed by atoms with Crippen LogP contribution in [-0.2, 0) is 16.0 Å². The number of methoxy groups -OCH3 is 1. The van der Waals surface area contributed by atoms with Crippen molar-refractivity contribution in [2.45, 2.75) is 13.3 Å². The molecular formula is C18H19ClN2O4. The summed E-state index contributed by atoms with van der Waals surface area (Å²) in [6.45, 7) is 1.61. The van der Waals surface area contributed by atoms with Gasteiger partial charge >= 0.3 is 0 Å². The van der Waals surface area contributed by atoms with E-state index in [-0.39, 0.29) is 18.9 Å². The summed E-state index contributed by atoms with van der Waals surface area (Å²) in [7, 11) is 1.57. The van der Waals surface area contributed by atoms with E-state index in [9.17, 15) is 9.59 Å². The zero-order valence-electron chi connectivity index (χ0n) is 14.0. The van der Waals surface area contributed by atoms with Crippen molar-refractivity contribution in [3.63, 3.8) is 0 Å².